The van der Waals surface area contributed by atoms with Gasteiger partial charge in [0.1, 0.15) is 0 Å². The summed E-state index contributed by atoms with van der Waals surface area (Å²) < 4.78 is 1.31. The van der Waals surface area contributed by atoms with Crippen molar-refractivity contribution >= 4 is 27.3 Å². The normalized spacial score (nSPS) is 25.1. The molecule has 1 aromatic heterocycles. The van der Waals surface area contributed by atoms with Crippen LogP contribution >= 0.6 is 27.3 Å². The largest absolute Gasteiger partial charge is 0.314 e. The first-order chi connectivity index (χ1) is 8.29. The molecule has 2 unspecified atom stereocenters. The first-order valence-corrected chi connectivity index (χ1v) is 8.42. The zero-order chi connectivity index (χ0) is 12.1. The molecule has 1 saturated carbocycles. The van der Waals surface area contributed by atoms with Crippen molar-refractivity contribution in [3.05, 3.63) is 20.8 Å². The first kappa shape index (κ1) is 13.6. The summed E-state index contributed by atoms with van der Waals surface area (Å²) in [5, 5.41) is 5.88. The highest BCUT2D eigenvalue weighted by atomic mass is 79.9. The van der Waals surface area contributed by atoms with Crippen LogP contribution in [0.4, 0.5) is 0 Å². The third-order valence-electron chi connectivity index (χ3n) is 3.63. The molecule has 2 rings (SSSR count). The molecule has 0 spiro atoms. The monoisotopic (exact) mass is 315 g/mol. The maximum absolute atomic E-state index is 3.69. The van der Waals surface area contributed by atoms with Crippen LogP contribution in [-0.4, -0.2) is 12.6 Å². The fraction of sp³-hybridized carbons (Fsp3) is 0.714. The lowest BCUT2D eigenvalue weighted by molar-refractivity contribution is 0.285. The minimum Gasteiger partial charge on any atom is -0.314 e. The Labute approximate surface area is 117 Å². The molecule has 0 amide bonds. The summed E-state index contributed by atoms with van der Waals surface area (Å²) in [7, 11) is 0. The lowest BCUT2D eigenvalue weighted by Gasteiger charge is -2.29. The van der Waals surface area contributed by atoms with E-state index < -0.39 is 0 Å². The average Bonchev–Trinajstić information content (AvgIpc) is 2.73. The average molecular weight is 316 g/mol. The topological polar surface area (TPSA) is 12.0 Å². The van der Waals surface area contributed by atoms with Gasteiger partial charge in [-0.3, -0.25) is 0 Å². The van der Waals surface area contributed by atoms with Gasteiger partial charge in [0.25, 0.3) is 0 Å². The van der Waals surface area contributed by atoms with Crippen LogP contribution in [0.15, 0.2) is 15.9 Å². The highest BCUT2D eigenvalue weighted by Crippen LogP contribution is 2.32. The first-order valence-electron chi connectivity index (χ1n) is 6.74. The Morgan fingerprint density at radius 3 is 3.06 bits per heavy atom. The molecule has 0 aliphatic heterocycles. The van der Waals surface area contributed by atoms with E-state index in [1.807, 2.05) is 11.3 Å². The number of nitrogens with one attached hydrogen (secondary N) is 1. The van der Waals surface area contributed by atoms with Crippen molar-refractivity contribution in [2.75, 3.05) is 6.54 Å². The van der Waals surface area contributed by atoms with E-state index in [-0.39, 0.29) is 0 Å². The number of thiophene rings is 1. The summed E-state index contributed by atoms with van der Waals surface area (Å²) in [6, 6.07) is 2.95. The molecule has 1 fully saturated rings. The van der Waals surface area contributed by atoms with Gasteiger partial charge in [0, 0.05) is 15.4 Å². The fourth-order valence-corrected chi connectivity index (χ4v) is 4.37. The lowest BCUT2D eigenvalue weighted by Crippen LogP contribution is -2.35. The summed E-state index contributed by atoms with van der Waals surface area (Å²) in [6.07, 6.45) is 8.07. The van der Waals surface area contributed by atoms with Gasteiger partial charge >= 0.3 is 0 Å². The summed E-state index contributed by atoms with van der Waals surface area (Å²) in [6.45, 7) is 3.43. The van der Waals surface area contributed by atoms with Crippen molar-refractivity contribution in [1.29, 1.82) is 0 Å². The summed E-state index contributed by atoms with van der Waals surface area (Å²) in [5.74, 6) is 0.882. The number of hydrogen-bond donors (Lipinski definition) is 1. The van der Waals surface area contributed by atoms with Crippen molar-refractivity contribution in [1.82, 2.24) is 5.32 Å². The van der Waals surface area contributed by atoms with Gasteiger partial charge in [-0.2, -0.15) is 0 Å². The molecule has 2 atom stereocenters. The highest BCUT2D eigenvalue weighted by molar-refractivity contribution is 9.10. The quantitative estimate of drug-likeness (QED) is 0.836. The van der Waals surface area contributed by atoms with E-state index >= 15 is 0 Å². The molecular formula is C14H22BrNS. The SMILES string of the molecule is CCCNC1CCCC(Cc2sccc2Br)C1. The van der Waals surface area contributed by atoms with Gasteiger partial charge < -0.3 is 5.32 Å². The Hall–Kier alpha value is 0.140. The second-order valence-electron chi connectivity index (χ2n) is 5.08. The van der Waals surface area contributed by atoms with Crippen molar-refractivity contribution in [3.8, 4) is 0 Å². The third-order valence-corrected chi connectivity index (χ3v) is 5.58. The molecule has 1 aliphatic carbocycles. The van der Waals surface area contributed by atoms with Crippen LogP contribution in [0.25, 0.3) is 0 Å². The van der Waals surface area contributed by atoms with E-state index in [4.69, 9.17) is 0 Å². The Bertz CT molecular complexity index is 337. The standard InChI is InChI=1S/C14H22BrNS/c1-2-7-16-12-5-3-4-11(9-12)10-14-13(15)6-8-17-14/h6,8,11-12,16H,2-5,7,9-10H2,1H3. The maximum Gasteiger partial charge on any atom is 0.0314 e. The Kier molecular flexibility index (Phi) is 5.51. The second kappa shape index (κ2) is 6.91. The number of halogens is 1. The smallest absolute Gasteiger partial charge is 0.0314 e. The van der Waals surface area contributed by atoms with Gasteiger partial charge in [0.05, 0.1) is 0 Å². The van der Waals surface area contributed by atoms with Crippen LogP contribution in [-0.2, 0) is 6.42 Å². The van der Waals surface area contributed by atoms with E-state index in [9.17, 15) is 0 Å². The minimum atomic E-state index is 0.771. The van der Waals surface area contributed by atoms with Crippen LogP contribution in [0.2, 0.25) is 0 Å². The van der Waals surface area contributed by atoms with Gasteiger partial charge in [-0.1, -0.05) is 13.3 Å². The van der Waals surface area contributed by atoms with Crippen molar-refractivity contribution in [3.63, 3.8) is 0 Å². The zero-order valence-electron chi connectivity index (χ0n) is 10.5. The Morgan fingerprint density at radius 1 is 1.47 bits per heavy atom. The lowest BCUT2D eigenvalue weighted by atomic mass is 9.83. The molecule has 1 N–H and O–H groups in total. The Morgan fingerprint density at radius 2 is 2.35 bits per heavy atom. The van der Waals surface area contributed by atoms with E-state index in [1.54, 1.807) is 0 Å². The fourth-order valence-electron chi connectivity index (χ4n) is 2.74. The van der Waals surface area contributed by atoms with Crippen LogP contribution in [0.1, 0.15) is 43.9 Å². The molecule has 96 valence electrons. The van der Waals surface area contributed by atoms with Gasteiger partial charge in [-0.25, -0.2) is 0 Å². The molecule has 17 heavy (non-hydrogen) atoms. The van der Waals surface area contributed by atoms with Gasteiger partial charge in [0.2, 0.25) is 0 Å². The molecule has 0 aromatic carbocycles. The van der Waals surface area contributed by atoms with E-state index in [1.165, 1.54) is 54.4 Å². The molecule has 0 radical (unpaired) electrons. The predicted octanol–water partition coefficient (Wildman–Crippen LogP) is 4.61. The molecule has 0 saturated heterocycles. The van der Waals surface area contributed by atoms with Crippen molar-refractivity contribution < 1.29 is 0 Å². The van der Waals surface area contributed by atoms with Crippen LogP contribution in [0.5, 0.6) is 0 Å². The van der Waals surface area contributed by atoms with Gasteiger partial charge in [-0.15, -0.1) is 11.3 Å². The summed E-state index contributed by atoms with van der Waals surface area (Å²) in [5.41, 5.74) is 0. The summed E-state index contributed by atoms with van der Waals surface area (Å²) >= 11 is 5.54. The highest BCUT2D eigenvalue weighted by Gasteiger charge is 2.22. The number of hydrogen-bond acceptors (Lipinski definition) is 2. The molecular weight excluding hydrogens is 294 g/mol. The molecule has 1 aromatic rings. The molecule has 1 nitrogen and oxygen atoms in total. The van der Waals surface area contributed by atoms with Crippen LogP contribution in [0, 0.1) is 5.92 Å². The second-order valence-corrected chi connectivity index (χ2v) is 6.93. The van der Waals surface area contributed by atoms with Crippen molar-refractivity contribution in [2.24, 2.45) is 5.92 Å². The van der Waals surface area contributed by atoms with E-state index in [2.05, 4.69) is 39.6 Å². The van der Waals surface area contributed by atoms with Crippen molar-refractivity contribution in [2.45, 2.75) is 51.5 Å². The molecule has 1 heterocycles. The van der Waals surface area contributed by atoms with Crippen LogP contribution in [0.3, 0.4) is 0 Å². The van der Waals surface area contributed by atoms with E-state index in [0.29, 0.717) is 0 Å². The predicted molar refractivity (Wildman–Crippen MR) is 79.8 cm³/mol. The zero-order valence-corrected chi connectivity index (χ0v) is 12.9. The molecule has 1 aliphatic rings. The Balaban J connectivity index is 1.83. The minimum absolute atomic E-state index is 0.771. The number of rotatable bonds is 5. The van der Waals surface area contributed by atoms with Gasteiger partial charge in [-0.05, 0) is 71.9 Å². The molecule has 0 bridgehead atoms. The molecule has 3 heteroatoms. The summed E-state index contributed by atoms with van der Waals surface area (Å²) in [4.78, 5) is 1.53. The maximum atomic E-state index is 3.69. The third kappa shape index (κ3) is 4.08. The van der Waals surface area contributed by atoms with Gasteiger partial charge in [0.15, 0.2) is 0 Å². The van der Waals surface area contributed by atoms with Crippen LogP contribution < -0.4 is 5.32 Å². The van der Waals surface area contributed by atoms with E-state index in [0.717, 1.165) is 12.0 Å².